The lowest BCUT2D eigenvalue weighted by Gasteiger charge is -2.15. The van der Waals surface area contributed by atoms with Crippen LogP contribution in [0.4, 0.5) is 32.0 Å². The van der Waals surface area contributed by atoms with E-state index in [0.29, 0.717) is 28.5 Å². The Bertz CT molecular complexity index is 1270. The minimum Gasteiger partial charge on any atom is -0.457 e. The Labute approximate surface area is 209 Å². The van der Waals surface area contributed by atoms with E-state index in [1.54, 1.807) is 24.3 Å². The van der Waals surface area contributed by atoms with Gasteiger partial charge in [-0.1, -0.05) is 29.3 Å². The van der Waals surface area contributed by atoms with E-state index in [1.807, 2.05) is 0 Å². The quantitative estimate of drug-likeness (QED) is 0.197. The van der Waals surface area contributed by atoms with Crippen molar-refractivity contribution < 1.29 is 35.6 Å². The number of alkyl halides is 6. The first-order valence-corrected chi connectivity index (χ1v) is 10.5. The van der Waals surface area contributed by atoms with Crippen LogP contribution in [0, 0.1) is 0 Å². The lowest BCUT2D eigenvalue weighted by atomic mass is 10.1. The van der Waals surface area contributed by atoms with Crippen molar-refractivity contribution >= 4 is 58.2 Å². The number of halogens is 8. The van der Waals surface area contributed by atoms with Gasteiger partial charge in [-0.2, -0.15) is 26.3 Å². The van der Waals surface area contributed by atoms with Crippen molar-refractivity contribution in [2.45, 2.75) is 12.4 Å². The Balaban J connectivity index is 1.68. The van der Waals surface area contributed by atoms with Gasteiger partial charge < -0.3 is 9.73 Å². The smallest absolute Gasteiger partial charge is 0.416 e. The largest absolute Gasteiger partial charge is 0.457 e. The molecular weight excluding hydrogens is 541 g/mol. The van der Waals surface area contributed by atoms with Gasteiger partial charge in [-0.25, -0.2) is 0 Å². The predicted molar refractivity (Wildman–Crippen MR) is 124 cm³/mol. The number of carbonyl (C=O) groups is 1. The number of hydrogen-bond donors (Lipinski definition) is 2. The van der Waals surface area contributed by atoms with E-state index in [0.717, 1.165) is 6.08 Å². The van der Waals surface area contributed by atoms with Crippen molar-refractivity contribution in [3.63, 3.8) is 0 Å². The molecule has 0 fully saturated rings. The van der Waals surface area contributed by atoms with E-state index in [2.05, 4.69) is 10.6 Å². The van der Waals surface area contributed by atoms with Crippen LogP contribution in [0.2, 0.25) is 10.0 Å². The first-order chi connectivity index (χ1) is 16.2. The summed E-state index contributed by atoms with van der Waals surface area (Å²) >= 11 is 16.9. The fourth-order valence-corrected chi connectivity index (χ4v) is 3.39. The van der Waals surface area contributed by atoms with Crippen molar-refractivity contribution in [3.8, 4) is 11.3 Å². The molecule has 1 aromatic heterocycles. The highest BCUT2D eigenvalue weighted by atomic mass is 35.5. The molecule has 0 atom stereocenters. The number of rotatable bonds is 4. The zero-order valence-corrected chi connectivity index (χ0v) is 19.4. The zero-order chi connectivity index (χ0) is 26.0. The molecule has 4 nitrogen and oxygen atoms in total. The molecule has 0 unspecified atom stereocenters. The molecule has 13 heteroatoms. The summed E-state index contributed by atoms with van der Waals surface area (Å²) in [6.45, 7) is 0. The monoisotopic (exact) mass is 552 g/mol. The molecule has 3 rings (SSSR count). The summed E-state index contributed by atoms with van der Waals surface area (Å²) in [5, 5.41) is 4.35. The van der Waals surface area contributed by atoms with Gasteiger partial charge in [0.2, 0.25) is 5.91 Å². The summed E-state index contributed by atoms with van der Waals surface area (Å²) in [4.78, 5) is 12.1. The molecule has 35 heavy (non-hydrogen) atoms. The van der Waals surface area contributed by atoms with E-state index < -0.39 is 40.2 Å². The van der Waals surface area contributed by atoms with Crippen LogP contribution >= 0.6 is 35.4 Å². The maximum absolute atomic E-state index is 13.0. The molecule has 1 amide bonds. The summed E-state index contributed by atoms with van der Waals surface area (Å²) in [5.41, 5.74) is -3.14. The number of benzene rings is 2. The minimum absolute atomic E-state index is 0.0241. The Kier molecular flexibility index (Phi) is 7.83. The summed E-state index contributed by atoms with van der Waals surface area (Å²) < 4.78 is 83.4. The highest BCUT2D eigenvalue weighted by Gasteiger charge is 2.37. The molecule has 2 N–H and O–H groups in total. The van der Waals surface area contributed by atoms with Crippen molar-refractivity contribution in [2.24, 2.45) is 0 Å². The number of thiocarbonyl (C=S) groups is 1. The molecule has 0 radical (unpaired) electrons. The average Bonchev–Trinajstić information content (AvgIpc) is 3.21. The fourth-order valence-electron chi connectivity index (χ4n) is 2.78. The van der Waals surface area contributed by atoms with Crippen LogP contribution in [0.15, 0.2) is 59.0 Å². The molecule has 0 aliphatic carbocycles. The van der Waals surface area contributed by atoms with Crippen LogP contribution in [0.5, 0.6) is 0 Å². The minimum atomic E-state index is -5.03. The molecular formula is C22H12Cl2F6N2O2S. The number of anilines is 1. The lowest BCUT2D eigenvalue weighted by molar-refractivity contribution is -0.143. The first kappa shape index (κ1) is 26.6. The summed E-state index contributed by atoms with van der Waals surface area (Å²) in [5.74, 6) is -0.193. The van der Waals surface area contributed by atoms with Crippen LogP contribution in [0.3, 0.4) is 0 Å². The topological polar surface area (TPSA) is 54.3 Å². The number of furan rings is 1. The van der Waals surface area contributed by atoms with Gasteiger partial charge in [-0.15, -0.1) is 0 Å². The number of carbonyl (C=O) groups excluding carboxylic acids is 1. The molecule has 0 saturated carbocycles. The van der Waals surface area contributed by atoms with E-state index in [-0.39, 0.29) is 16.8 Å². The Morgan fingerprint density at radius 1 is 0.943 bits per heavy atom. The molecule has 0 aliphatic heterocycles. The van der Waals surface area contributed by atoms with Crippen LogP contribution < -0.4 is 10.6 Å². The molecule has 0 aliphatic rings. The Hall–Kier alpha value is -3.02. The van der Waals surface area contributed by atoms with Crippen molar-refractivity contribution in [1.82, 2.24) is 5.32 Å². The normalized spacial score (nSPS) is 12.1. The van der Waals surface area contributed by atoms with Gasteiger partial charge in [0.1, 0.15) is 11.5 Å². The zero-order valence-electron chi connectivity index (χ0n) is 17.0. The van der Waals surface area contributed by atoms with Crippen molar-refractivity contribution in [1.29, 1.82) is 0 Å². The molecule has 184 valence electrons. The third-order valence-corrected chi connectivity index (χ3v) is 5.35. The van der Waals surface area contributed by atoms with E-state index >= 15 is 0 Å². The maximum Gasteiger partial charge on any atom is 0.416 e. The SMILES string of the molecule is O=C(C=Cc1ccc(-c2cccc(Cl)c2Cl)o1)NC(=S)Nc1cc(C(F)(F)F)cc(C(F)(F)F)c1. The third kappa shape index (κ3) is 7.00. The van der Waals surface area contributed by atoms with Crippen molar-refractivity contribution in [3.05, 3.63) is 81.5 Å². The second-order valence-corrected chi connectivity index (χ2v) is 8.07. The fraction of sp³-hybridized carbons (Fsp3) is 0.0909. The van der Waals surface area contributed by atoms with E-state index in [4.69, 9.17) is 39.8 Å². The second-order valence-electron chi connectivity index (χ2n) is 6.87. The van der Waals surface area contributed by atoms with Crippen LogP contribution in [-0.4, -0.2) is 11.0 Å². The van der Waals surface area contributed by atoms with Crippen LogP contribution in [0.25, 0.3) is 17.4 Å². The highest BCUT2D eigenvalue weighted by Crippen LogP contribution is 2.37. The maximum atomic E-state index is 13.0. The summed E-state index contributed by atoms with van der Waals surface area (Å²) in [6.07, 6.45) is -7.78. The lowest BCUT2D eigenvalue weighted by Crippen LogP contribution is -2.33. The van der Waals surface area contributed by atoms with Crippen LogP contribution in [0.1, 0.15) is 16.9 Å². The predicted octanol–water partition coefficient (Wildman–Crippen LogP) is 7.82. The van der Waals surface area contributed by atoms with Crippen molar-refractivity contribution in [2.75, 3.05) is 5.32 Å². The molecule has 0 bridgehead atoms. The van der Waals surface area contributed by atoms with Gasteiger partial charge in [-0.05, 0) is 60.8 Å². The van der Waals surface area contributed by atoms with Gasteiger partial charge in [0, 0.05) is 17.3 Å². The molecule has 3 aromatic rings. The van der Waals surface area contributed by atoms with Crippen LogP contribution in [-0.2, 0) is 17.1 Å². The average molecular weight is 553 g/mol. The third-order valence-electron chi connectivity index (χ3n) is 4.33. The van der Waals surface area contributed by atoms with Gasteiger partial charge in [-0.3, -0.25) is 10.1 Å². The number of amides is 1. The standard InChI is InChI=1S/C22H12Cl2F6N2O2S/c23-16-3-1-2-15(19(16)24)17-6-4-14(34-17)5-7-18(33)32-20(35)31-13-9-11(21(25,26)27)8-12(10-13)22(28,29)30/h1-10H,(H2,31,32,33,35). The second kappa shape index (κ2) is 10.3. The number of hydrogen-bond acceptors (Lipinski definition) is 3. The van der Waals surface area contributed by atoms with E-state index in [9.17, 15) is 31.1 Å². The number of nitrogens with one attached hydrogen (secondary N) is 2. The Morgan fingerprint density at radius 2 is 1.57 bits per heavy atom. The highest BCUT2D eigenvalue weighted by molar-refractivity contribution is 7.80. The van der Waals surface area contributed by atoms with Gasteiger partial charge >= 0.3 is 12.4 Å². The first-order valence-electron chi connectivity index (χ1n) is 9.38. The molecule has 0 spiro atoms. The molecule has 0 saturated heterocycles. The van der Waals surface area contributed by atoms with Gasteiger partial charge in [0.05, 0.1) is 21.2 Å². The van der Waals surface area contributed by atoms with E-state index in [1.165, 1.54) is 12.1 Å². The summed E-state index contributed by atoms with van der Waals surface area (Å²) in [7, 11) is 0. The van der Waals surface area contributed by atoms with Gasteiger partial charge in [0.15, 0.2) is 5.11 Å². The Morgan fingerprint density at radius 3 is 2.17 bits per heavy atom. The summed E-state index contributed by atoms with van der Waals surface area (Å²) in [6, 6.07) is 8.93. The molecule has 2 aromatic carbocycles. The molecule has 1 heterocycles. The van der Waals surface area contributed by atoms with Gasteiger partial charge in [0.25, 0.3) is 0 Å².